The molecule has 0 unspecified atom stereocenters. The van der Waals surface area contributed by atoms with Crippen LogP contribution in [0.25, 0.3) is 10.2 Å². The summed E-state index contributed by atoms with van der Waals surface area (Å²) in [5.74, 6) is 1.54. The summed E-state index contributed by atoms with van der Waals surface area (Å²) in [6.07, 6.45) is 0.927. The Hall–Kier alpha value is -1.89. The highest BCUT2D eigenvalue weighted by molar-refractivity contribution is 7.18. The highest BCUT2D eigenvalue weighted by Gasteiger charge is 2.20. The molecule has 0 aliphatic carbocycles. The molecule has 0 saturated carbocycles. The molecule has 7 heteroatoms. The summed E-state index contributed by atoms with van der Waals surface area (Å²) in [6.45, 7) is 6.77. The topological polar surface area (TPSA) is 70.2 Å². The van der Waals surface area contributed by atoms with Crippen LogP contribution in [0, 0.1) is 6.92 Å². The Labute approximate surface area is 127 Å². The summed E-state index contributed by atoms with van der Waals surface area (Å²) in [5, 5.41) is 7.11. The lowest BCUT2D eigenvalue weighted by molar-refractivity contribution is -0.119. The quantitative estimate of drug-likeness (QED) is 0.904. The first-order valence-corrected chi connectivity index (χ1v) is 8.02. The van der Waals surface area contributed by atoms with Gasteiger partial charge in [0.25, 0.3) is 0 Å². The van der Waals surface area contributed by atoms with Crippen LogP contribution in [-0.2, 0) is 4.79 Å². The number of fused-ring (bicyclic) bond motifs is 1. The molecule has 112 valence electrons. The van der Waals surface area contributed by atoms with E-state index in [1.807, 2.05) is 6.92 Å². The van der Waals surface area contributed by atoms with Crippen LogP contribution in [0.1, 0.15) is 18.2 Å². The fraction of sp³-hybridized carbons (Fsp3) is 0.500. The largest absolute Gasteiger partial charge is 0.354 e. The van der Waals surface area contributed by atoms with Crippen LogP contribution in [0.3, 0.4) is 0 Å². The maximum atomic E-state index is 11.8. The van der Waals surface area contributed by atoms with E-state index in [0.29, 0.717) is 12.5 Å². The molecule has 0 atom stereocenters. The summed E-state index contributed by atoms with van der Waals surface area (Å²) in [4.78, 5) is 25.2. The number of amides is 1. The predicted molar refractivity (Wildman–Crippen MR) is 86.2 cm³/mol. The van der Waals surface area contributed by atoms with E-state index in [1.54, 1.807) is 11.3 Å². The van der Waals surface area contributed by atoms with Crippen LogP contribution >= 0.6 is 11.3 Å². The van der Waals surface area contributed by atoms with Crippen molar-refractivity contribution in [3.63, 3.8) is 0 Å². The Bertz CT molecular complexity index is 669. The van der Waals surface area contributed by atoms with E-state index in [2.05, 4.69) is 38.5 Å². The summed E-state index contributed by atoms with van der Waals surface area (Å²) in [5.41, 5.74) is 0. The monoisotopic (exact) mass is 305 g/mol. The normalized spacial score (nSPS) is 15.9. The lowest BCUT2D eigenvalue weighted by Crippen LogP contribution is -2.33. The van der Waals surface area contributed by atoms with Crippen molar-refractivity contribution in [2.75, 3.05) is 36.4 Å². The first-order chi connectivity index (χ1) is 10.2. The Kier molecular flexibility index (Phi) is 3.92. The number of rotatable bonds is 3. The lowest BCUT2D eigenvalue weighted by Gasteiger charge is -2.21. The highest BCUT2D eigenvalue weighted by Crippen LogP contribution is 2.32. The van der Waals surface area contributed by atoms with E-state index >= 15 is 0 Å². The SMILES string of the molecule is CCNc1nc(N2CCCNC(=O)C2)c2cc(C)sc2n1. The molecule has 6 nitrogen and oxygen atoms in total. The second-order valence-corrected chi connectivity index (χ2v) is 6.34. The summed E-state index contributed by atoms with van der Waals surface area (Å²) in [7, 11) is 0. The molecule has 1 saturated heterocycles. The molecule has 0 spiro atoms. The zero-order valence-corrected chi connectivity index (χ0v) is 13.1. The Morgan fingerprint density at radius 1 is 1.48 bits per heavy atom. The first kappa shape index (κ1) is 14.1. The standard InChI is InChI=1S/C14H19N5OS/c1-3-15-14-17-12(10-7-9(2)21-13(10)18-14)19-6-4-5-16-11(20)8-19/h7H,3-6,8H2,1-2H3,(H,16,20)(H,15,17,18). The summed E-state index contributed by atoms with van der Waals surface area (Å²) >= 11 is 1.66. The fourth-order valence-electron chi connectivity index (χ4n) is 2.49. The number of carbonyl (C=O) groups is 1. The molecule has 1 aliphatic rings. The van der Waals surface area contributed by atoms with Crippen molar-refractivity contribution in [1.29, 1.82) is 0 Å². The van der Waals surface area contributed by atoms with Crippen LogP contribution in [0.2, 0.25) is 0 Å². The van der Waals surface area contributed by atoms with Gasteiger partial charge in [-0.1, -0.05) is 0 Å². The van der Waals surface area contributed by atoms with Crippen molar-refractivity contribution < 1.29 is 4.79 Å². The maximum absolute atomic E-state index is 11.8. The van der Waals surface area contributed by atoms with Crippen molar-refractivity contribution in [3.05, 3.63) is 10.9 Å². The zero-order valence-electron chi connectivity index (χ0n) is 12.3. The maximum Gasteiger partial charge on any atom is 0.239 e. The molecule has 2 aromatic rings. The third-order valence-electron chi connectivity index (χ3n) is 3.39. The predicted octanol–water partition coefficient (Wildman–Crippen LogP) is 1.76. The number of hydrogen-bond donors (Lipinski definition) is 2. The third kappa shape index (κ3) is 2.92. The van der Waals surface area contributed by atoms with Crippen molar-refractivity contribution in [3.8, 4) is 0 Å². The van der Waals surface area contributed by atoms with Gasteiger partial charge in [-0.05, 0) is 26.3 Å². The number of aryl methyl sites for hydroxylation is 1. The molecule has 1 amide bonds. The molecule has 0 bridgehead atoms. The van der Waals surface area contributed by atoms with Crippen molar-refractivity contribution in [2.24, 2.45) is 0 Å². The van der Waals surface area contributed by atoms with Gasteiger partial charge in [-0.25, -0.2) is 4.98 Å². The third-order valence-corrected chi connectivity index (χ3v) is 4.34. The van der Waals surface area contributed by atoms with Gasteiger partial charge in [0.2, 0.25) is 11.9 Å². The van der Waals surface area contributed by atoms with Gasteiger partial charge in [-0.15, -0.1) is 11.3 Å². The number of thiophene rings is 1. The van der Waals surface area contributed by atoms with Crippen LogP contribution in [0.5, 0.6) is 0 Å². The zero-order chi connectivity index (χ0) is 14.8. The molecule has 3 rings (SSSR count). The van der Waals surface area contributed by atoms with Gasteiger partial charge >= 0.3 is 0 Å². The second kappa shape index (κ2) is 5.85. The summed E-state index contributed by atoms with van der Waals surface area (Å²) < 4.78 is 0. The van der Waals surface area contributed by atoms with Crippen LogP contribution < -0.4 is 15.5 Å². The Morgan fingerprint density at radius 2 is 2.33 bits per heavy atom. The van der Waals surface area contributed by atoms with Gasteiger partial charge in [-0.2, -0.15) is 4.98 Å². The minimum absolute atomic E-state index is 0.0521. The highest BCUT2D eigenvalue weighted by atomic mass is 32.1. The van der Waals surface area contributed by atoms with Gasteiger partial charge in [0.05, 0.1) is 11.9 Å². The van der Waals surface area contributed by atoms with Crippen LogP contribution in [0.15, 0.2) is 6.07 Å². The Morgan fingerprint density at radius 3 is 3.14 bits per heavy atom. The van der Waals surface area contributed by atoms with Crippen LogP contribution in [0.4, 0.5) is 11.8 Å². The molecule has 0 aromatic carbocycles. The van der Waals surface area contributed by atoms with Gasteiger partial charge in [0.15, 0.2) is 0 Å². The number of hydrogen-bond acceptors (Lipinski definition) is 6. The fourth-order valence-corrected chi connectivity index (χ4v) is 3.37. The molecule has 21 heavy (non-hydrogen) atoms. The number of aromatic nitrogens is 2. The lowest BCUT2D eigenvalue weighted by atomic mass is 10.3. The van der Waals surface area contributed by atoms with Crippen molar-refractivity contribution in [2.45, 2.75) is 20.3 Å². The van der Waals surface area contributed by atoms with Crippen molar-refractivity contribution in [1.82, 2.24) is 15.3 Å². The minimum Gasteiger partial charge on any atom is -0.354 e. The van der Waals surface area contributed by atoms with E-state index in [1.165, 1.54) is 4.88 Å². The van der Waals surface area contributed by atoms with Gasteiger partial charge in [-0.3, -0.25) is 4.79 Å². The van der Waals surface area contributed by atoms with Gasteiger partial charge in [0.1, 0.15) is 10.6 Å². The Balaban J connectivity index is 2.07. The van der Waals surface area contributed by atoms with E-state index in [4.69, 9.17) is 0 Å². The van der Waals surface area contributed by atoms with Gasteiger partial charge in [0, 0.05) is 24.5 Å². The first-order valence-electron chi connectivity index (χ1n) is 7.21. The second-order valence-electron chi connectivity index (χ2n) is 5.10. The average molecular weight is 305 g/mol. The number of carbonyl (C=O) groups excluding carboxylic acids is 1. The molecular weight excluding hydrogens is 286 g/mol. The summed E-state index contributed by atoms with van der Waals surface area (Å²) in [6, 6.07) is 2.11. The average Bonchev–Trinajstić information content (AvgIpc) is 2.67. The molecule has 2 N–H and O–H groups in total. The molecule has 0 radical (unpaired) electrons. The number of nitrogens with zero attached hydrogens (tertiary/aromatic N) is 3. The molecule has 1 fully saturated rings. The minimum atomic E-state index is 0.0521. The smallest absolute Gasteiger partial charge is 0.239 e. The molecule has 3 heterocycles. The number of anilines is 2. The van der Waals surface area contributed by atoms with E-state index in [9.17, 15) is 4.79 Å². The number of nitrogens with one attached hydrogen (secondary N) is 2. The van der Waals surface area contributed by atoms with Crippen molar-refractivity contribution >= 4 is 39.2 Å². The van der Waals surface area contributed by atoms with Crippen LogP contribution in [-0.4, -0.2) is 42.1 Å². The van der Waals surface area contributed by atoms with E-state index in [0.717, 1.165) is 42.1 Å². The van der Waals surface area contributed by atoms with Gasteiger partial charge < -0.3 is 15.5 Å². The van der Waals surface area contributed by atoms with E-state index < -0.39 is 0 Å². The molecule has 1 aliphatic heterocycles. The molecular formula is C14H19N5OS. The molecule has 2 aromatic heterocycles. The van der Waals surface area contributed by atoms with E-state index in [-0.39, 0.29) is 5.91 Å².